The highest BCUT2D eigenvalue weighted by Gasteiger charge is 2.30. The Hall–Kier alpha value is -2.15. The number of carbonyl (C=O) groups is 1. The molecule has 1 aliphatic heterocycles. The number of aromatic nitrogens is 3. The van der Waals surface area contributed by atoms with Gasteiger partial charge in [-0.3, -0.25) is 0 Å². The summed E-state index contributed by atoms with van der Waals surface area (Å²) < 4.78 is 13.1. The first kappa shape index (κ1) is 22.5. The Morgan fingerprint density at radius 2 is 1.97 bits per heavy atom. The van der Waals surface area contributed by atoms with Crippen molar-refractivity contribution in [2.75, 3.05) is 19.7 Å². The fraction of sp³-hybridized carbons (Fsp3) is 0.696. The molecule has 2 aliphatic rings. The van der Waals surface area contributed by atoms with E-state index < -0.39 is 5.60 Å². The van der Waals surface area contributed by atoms with Crippen LogP contribution in [-0.2, 0) is 9.47 Å². The molecule has 1 amide bonds. The number of fused-ring (bicyclic) bond motifs is 1. The highest BCUT2D eigenvalue weighted by molar-refractivity contribution is 5.68. The highest BCUT2D eigenvalue weighted by atomic mass is 16.6. The predicted octanol–water partition coefficient (Wildman–Crippen LogP) is 4.93. The van der Waals surface area contributed by atoms with E-state index in [0.717, 1.165) is 23.0 Å². The Labute approximate surface area is 179 Å². The van der Waals surface area contributed by atoms with Crippen molar-refractivity contribution in [1.29, 1.82) is 0 Å². The van der Waals surface area contributed by atoms with Gasteiger partial charge in [0.05, 0.1) is 25.0 Å². The molecule has 7 nitrogen and oxygen atoms in total. The molecule has 1 saturated heterocycles. The minimum Gasteiger partial charge on any atom is -0.444 e. The van der Waals surface area contributed by atoms with Gasteiger partial charge in [0.25, 0.3) is 0 Å². The van der Waals surface area contributed by atoms with Crippen LogP contribution in [0.1, 0.15) is 77.3 Å². The summed E-state index contributed by atoms with van der Waals surface area (Å²) >= 11 is 0. The summed E-state index contributed by atoms with van der Waals surface area (Å²) in [5, 5.41) is 4.30. The van der Waals surface area contributed by atoms with E-state index >= 15 is 0 Å². The molecule has 0 bridgehead atoms. The fourth-order valence-electron chi connectivity index (χ4n) is 3.92. The Bertz CT molecular complexity index is 837. The SMILES string of the molecule is CC1CCCCC1.Cc1cc(C2CN(C(=O)OC(C)(C)C)CCO2)n2nccc2n1. The standard InChI is InChI=1S/C16H22N4O3.C7H14/c1-11-9-12(20-14(18-11)5-6-17-20)13-10-19(7-8-22-13)15(21)23-16(2,3)4;1-7-5-3-2-4-6-7/h5-6,9,13H,7-8,10H2,1-4H3;7H,2-6H2,1H3. The molecular formula is C23H36N4O3. The average molecular weight is 417 g/mol. The molecule has 1 atom stereocenters. The maximum absolute atomic E-state index is 12.3. The third-order valence-corrected chi connectivity index (χ3v) is 5.46. The third kappa shape index (κ3) is 6.17. The van der Waals surface area contributed by atoms with E-state index in [1.165, 1.54) is 32.1 Å². The molecule has 1 unspecified atom stereocenters. The van der Waals surface area contributed by atoms with Crippen LogP contribution in [0.15, 0.2) is 18.3 Å². The number of carbonyl (C=O) groups excluding carboxylic acids is 1. The Balaban J connectivity index is 0.000000310. The van der Waals surface area contributed by atoms with Crippen molar-refractivity contribution < 1.29 is 14.3 Å². The van der Waals surface area contributed by atoms with Crippen LogP contribution in [0.25, 0.3) is 5.65 Å². The Kier molecular flexibility index (Phi) is 7.34. The largest absolute Gasteiger partial charge is 0.444 e. The number of rotatable bonds is 1. The lowest BCUT2D eigenvalue weighted by atomic mass is 9.91. The molecule has 3 heterocycles. The van der Waals surface area contributed by atoms with E-state index in [1.807, 2.05) is 39.8 Å². The van der Waals surface area contributed by atoms with Crippen LogP contribution in [0.3, 0.4) is 0 Å². The van der Waals surface area contributed by atoms with Gasteiger partial charge in [0.15, 0.2) is 5.65 Å². The van der Waals surface area contributed by atoms with Gasteiger partial charge >= 0.3 is 6.09 Å². The number of ether oxygens (including phenoxy) is 2. The first-order valence-electron chi connectivity index (χ1n) is 11.1. The lowest BCUT2D eigenvalue weighted by Crippen LogP contribution is -2.45. The maximum Gasteiger partial charge on any atom is 0.410 e. The molecule has 30 heavy (non-hydrogen) atoms. The topological polar surface area (TPSA) is 69.0 Å². The fourth-order valence-corrected chi connectivity index (χ4v) is 3.92. The van der Waals surface area contributed by atoms with Crippen LogP contribution in [0.5, 0.6) is 0 Å². The first-order chi connectivity index (χ1) is 14.2. The molecule has 1 saturated carbocycles. The number of morpholine rings is 1. The van der Waals surface area contributed by atoms with Crippen LogP contribution in [0, 0.1) is 12.8 Å². The van der Waals surface area contributed by atoms with E-state index in [0.29, 0.717) is 19.7 Å². The highest BCUT2D eigenvalue weighted by Crippen LogP contribution is 2.24. The second-order valence-corrected chi connectivity index (χ2v) is 9.45. The zero-order chi connectivity index (χ0) is 21.7. The zero-order valence-electron chi connectivity index (χ0n) is 19.1. The van der Waals surface area contributed by atoms with Crippen molar-refractivity contribution in [3.63, 3.8) is 0 Å². The molecule has 0 radical (unpaired) electrons. The van der Waals surface area contributed by atoms with Crippen molar-refractivity contribution in [1.82, 2.24) is 19.5 Å². The van der Waals surface area contributed by atoms with Gasteiger partial charge in [-0.25, -0.2) is 14.3 Å². The van der Waals surface area contributed by atoms with Crippen LogP contribution in [-0.4, -0.2) is 50.9 Å². The summed E-state index contributed by atoms with van der Waals surface area (Å²) in [6.45, 7) is 11.3. The monoisotopic (exact) mass is 416 g/mol. The number of amides is 1. The average Bonchev–Trinajstić information content (AvgIpc) is 3.15. The molecular weight excluding hydrogens is 380 g/mol. The van der Waals surface area contributed by atoms with Gasteiger partial charge in [0, 0.05) is 18.3 Å². The molecule has 0 aromatic carbocycles. The van der Waals surface area contributed by atoms with Crippen LogP contribution in [0.2, 0.25) is 0 Å². The Morgan fingerprint density at radius 1 is 1.23 bits per heavy atom. The molecule has 2 aromatic rings. The summed E-state index contributed by atoms with van der Waals surface area (Å²) in [7, 11) is 0. The summed E-state index contributed by atoms with van der Waals surface area (Å²) in [5.74, 6) is 1.04. The van der Waals surface area contributed by atoms with Gasteiger partial charge in [0.2, 0.25) is 0 Å². The second kappa shape index (κ2) is 9.77. The van der Waals surface area contributed by atoms with Gasteiger partial charge in [-0.2, -0.15) is 5.10 Å². The number of hydrogen-bond donors (Lipinski definition) is 0. The summed E-state index contributed by atoms with van der Waals surface area (Å²) in [5.41, 5.74) is 2.06. The molecule has 166 valence electrons. The number of hydrogen-bond acceptors (Lipinski definition) is 5. The van der Waals surface area contributed by atoms with Crippen molar-refractivity contribution in [2.45, 2.75) is 78.4 Å². The Morgan fingerprint density at radius 3 is 2.60 bits per heavy atom. The number of aryl methyl sites for hydroxylation is 1. The van der Waals surface area contributed by atoms with Crippen molar-refractivity contribution in [3.05, 3.63) is 29.7 Å². The van der Waals surface area contributed by atoms with Crippen LogP contribution >= 0.6 is 0 Å². The van der Waals surface area contributed by atoms with Crippen molar-refractivity contribution in [3.8, 4) is 0 Å². The molecule has 0 N–H and O–H groups in total. The molecule has 7 heteroatoms. The molecule has 4 rings (SSSR count). The van der Waals surface area contributed by atoms with E-state index in [-0.39, 0.29) is 12.2 Å². The number of nitrogens with zero attached hydrogens (tertiary/aromatic N) is 4. The van der Waals surface area contributed by atoms with E-state index in [2.05, 4.69) is 17.0 Å². The lowest BCUT2D eigenvalue weighted by Gasteiger charge is -2.34. The lowest BCUT2D eigenvalue weighted by molar-refractivity contribution is -0.0454. The van der Waals surface area contributed by atoms with Crippen molar-refractivity contribution in [2.24, 2.45) is 5.92 Å². The van der Waals surface area contributed by atoms with Crippen LogP contribution in [0.4, 0.5) is 4.79 Å². The van der Waals surface area contributed by atoms with E-state index in [9.17, 15) is 4.79 Å². The minimum absolute atomic E-state index is 0.250. The van der Waals surface area contributed by atoms with Gasteiger partial charge in [-0.05, 0) is 39.7 Å². The molecule has 1 aliphatic carbocycles. The summed E-state index contributed by atoms with van der Waals surface area (Å²) in [6, 6.07) is 3.80. The first-order valence-corrected chi connectivity index (χ1v) is 11.1. The molecule has 2 fully saturated rings. The van der Waals surface area contributed by atoms with Gasteiger partial charge in [-0.15, -0.1) is 0 Å². The van der Waals surface area contributed by atoms with Crippen LogP contribution < -0.4 is 0 Å². The van der Waals surface area contributed by atoms with Gasteiger partial charge in [0.1, 0.15) is 11.7 Å². The molecule has 2 aromatic heterocycles. The quantitative estimate of drug-likeness (QED) is 0.659. The summed E-state index contributed by atoms with van der Waals surface area (Å²) in [6.07, 6.45) is 8.58. The normalized spacial score (nSPS) is 20.6. The predicted molar refractivity (Wildman–Crippen MR) is 116 cm³/mol. The maximum atomic E-state index is 12.3. The zero-order valence-corrected chi connectivity index (χ0v) is 19.1. The third-order valence-electron chi connectivity index (χ3n) is 5.46. The second-order valence-electron chi connectivity index (χ2n) is 9.45. The van der Waals surface area contributed by atoms with Gasteiger partial charge in [-0.1, -0.05) is 39.0 Å². The van der Waals surface area contributed by atoms with Crippen molar-refractivity contribution >= 4 is 11.7 Å². The molecule has 0 spiro atoms. The van der Waals surface area contributed by atoms with Gasteiger partial charge < -0.3 is 14.4 Å². The van der Waals surface area contributed by atoms with E-state index in [1.54, 1.807) is 15.6 Å². The minimum atomic E-state index is -0.507. The smallest absolute Gasteiger partial charge is 0.410 e. The van der Waals surface area contributed by atoms with E-state index in [4.69, 9.17) is 9.47 Å². The summed E-state index contributed by atoms with van der Waals surface area (Å²) in [4.78, 5) is 18.4.